The third-order valence-electron chi connectivity index (χ3n) is 2.72. The van der Waals surface area contributed by atoms with Crippen molar-refractivity contribution < 1.29 is 13.9 Å². The van der Waals surface area contributed by atoms with Gasteiger partial charge in [-0.05, 0) is 23.8 Å². The lowest BCUT2D eigenvalue weighted by Gasteiger charge is -2.13. The van der Waals surface area contributed by atoms with Crippen LogP contribution < -0.4 is 0 Å². The summed E-state index contributed by atoms with van der Waals surface area (Å²) in [4.78, 5) is 0. The van der Waals surface area contributed by atoms with Crippen LogP contribution in [0.3, 0.4) is 0 Å². The van der Waals surface area contributed by atoms with Crippen molar-refractivity contribution >= 4 is 15.9 Å². The predicted molar refractivity (Wildman–Crippen MR) is 69.2 cm³/mol. The molecule has 1 unspecified atom stereocenters. The summed E-state index contributed by atoms with van der Waals surface area (Å²) in [6, 6.07) is 10.7. The molecule has 18 heavy (non-hydrogen) atoms. The average Bonchev–Trinajstić information content (AvgIpc) is 2.34. The lowest BCUT2D eigenvalue weighted by molar-refractivity contribution is 0.175. The number of aliphatic hydroxyl groups is 1. The van der Waals surface area contributed by atoms with E-state index >= 15 is 0 Å². The molecule has 0 aromatic heterocycles. The van der Waals surface area contributed by atoms with Crippen LogP contribution in [0.1, 0.15) is 17.2 Å². The van der Waals surface area contributed by atoms with E-state index in [2.05, 4.69) is 15.9 Å². The third-order valence-corrected chi connectivity index (χ3v) is 3.45. The first-order valence-corrected chi connectivity index (χ1v) is 6.24. The monoisotopic (exact) mass is 312 g/mol. The van der Waals surface area contributed by atoms with Crippen molar-refractivity contribution in [3.8, 4) is 0 Å². The molecule has 1 nitrogen and oxygen atoms in total. The van der Waals surface area contributed by atoms with Crippen LogP contribution in [0.2, 0.25) is 0 Å². The second kappa shape index (κ2) is 5.59. The molecule has 2 aromatic carbocycles. The molecule has 94 valence electrons. The van der Waals surface area contributed by atoms with E-state index in [0.29, 0.717) is 10.0 Å². The van der Waals surface area contributed by atoms with Crippen LogP contribution in [0.15, 0.2) is 46.9 Å². The molecule has 0 saturated carbocycles. The number of benzene rings is 2. The molecule has 0 aliphatic heterocycles. The molecule has 4 heteroatoms. The zero-order valence-corrected chi connectivity index (χ0v) is 11.0. The average molecular weight is 313 g/mol. The Bertz CT molecular complexity index is 537. The van der Waals surface area contributed by atoms with Gasteiger partial charge in [0.05, 0.1) is 6.10 Å². The Kier molecular flexibility index (Phi) is 4.09. The van der Waals surface area contributed by atoms with Gasteiger partial charge in [-0.1, -0.05) is 40.2 Å². The van der Waals surface area contributed by atoms with E-state index in [-0.39, 0.29) is 12.0 Å². The molecule has 1 N–H and O–H groups in total. The summed E-state index contributed by atoms with van der Waals surface area (Å²) in [6.45, 7) is 0. The lowest BCUT2D eigenvalue weighted by atomic mass is 10.0. The molecule has 2 aromatic rings. The summed E-state index contributed by atoms with van der Waals surface area (Å²) in [5, 5.41) is 10.0. The third kappa shape index (κ3) is 2.76. The highest BCUT2D eigenvalue weighted by atomic mass is 79.9. The van der Waals surface area contributed by atoms with Crippen molar-refractivity contribution in [2.75, 3.05) is 0 Å². The highest BCUT2D eigenvalue weighted by Gasteiger charge is 2.16. The van der Waals surface area contributed by atoms with Crippen LogP contribution >= 0.6 is 15.9 Å². The van der Waals surface area contributed by atoms with E-state index in [1.54, 1.807) is 18.2 Å². The van der Waals surface area contributed by atoms with E-state index in [4.69, 9.17) is 0 Å². The van der Waals surface area contributed by atoms with Crippen LogP contribution in [0.4, 0.5) is 8.78 Å². The Morgan fingerprint density at radius 2 is 1.61 bits per heavy atom. The molecule has 0 radical (unpaired) electrons. The molecule has 0 bridgehead atoms. The van der Waals surface area contributed by atoms with Gasteiger partial charge in [0.1, 0.15) is 11.6 Å². The number of rotatable bonds is 3. The topological polar surface area (TPSA) is 20.2 Å². The van der Waals surface area contributed by atoms with Gasteiger partial charge < -0.3 is 5.11 Å². The maximum absolute atomic E-state index is 13.5. The van der Waals surface area contributed by atoms with Crippen molar-refractivity contribution in [1.29, 1.82) is 0 Å². The highest BCUT2D eigenvalue weighted by Crippen LogP contribution is 2.27. The van der Waals surface area contributed by atoms with Crippen molar-refractivity contribution in [2.45, 2.75) is 12.5 Å². The summed E-state index contributed by atoms with van der Waals surface area (Å²) < 4.78 is 27.6. The molecule has 0 spiro atoms. The molecule has 0 saturated heterocycles. The first-order chi connectivity index (χ1) is 8.59. The largest absolute Gasteiger partial charge is 0.388 e. The molecular formula is C14H11BrF2O. The molecule has 0 fully saturated rings. The predicted octanol–water partition coefficient (Wildman–Crippen LogP) is 4.00. The molecule has 0 amide bonds. The van der Waals surface area contributed by atoms with Crippen LogP contribution in [0.25, 0.3) is 0 Å². The number of hydrogen-bond donors (Lipinski definition) is 1. The van der Waals surface area contributed by atoms with E-state index in [1.165, 1.54) is 18.2 Å². The summed E-state index contributed by atoms with van der Waals surface area (Å²) >= 11 is 3.30. The maximum atomic E-state index is 13.5. The van der Waals surface area contributed by atoms with E-state index in [9.17, 15) is 13.9 Å². The summed E-state index contributed by atoms with van der Waals surface area (Å²) in [6.07, 6.45) is -1.05. The summed E-state index contributed by atoms with van der Waals surface area (Å²) in [7, 11) is 0. The fourth-order valence-corrected chi connectivity index (χ4v) is 2.33. The maximum Gasteiger partial charge on any atom is 0.129 e. The Morgan fingerprint density at radius 3 is 2.22 bits per heavy atom. The molecule has 0 aliphatic carbocycles. The smallest absolute Gasteiger partial charge is 0.129 e. The van der Waals surface area contributed by atoms with Crippen LogP contribution in [0, 0.1) is 11.6 Å². The fourth-order valence-electron chi connectivity index (χ4n) is 1.78. The van der Waals surface area contributed by atoms with Crippen molar-refractivity contribution in [3.63, 3.8) is 0 Å². The van der Waals surface area contributed by atoms with Gasteiger partial charge in [0, 0.05) is 16.5 Å². The van der Waals surface area contributed by atoms with Crippen molar-refractivity contribution in [1.82, 2.24) is 0 Å². The highest BCUT2D eigenvalue weighted by molar-refractivity contribution is 9.10. The lowest BCUT2D eigenvalue weighted by Crippen LogP contribution is -2.06. The fraction of sp³-hybridized carbons (Fsp3) is 0.143. The van der Waals surface area contributed by atoms with E-state index in [0.717, 1.165) is 0 Å². The van der Waals surface area contributed by atoms with Gasteiger partial charge in [0.25, 0.3) is 0 Å². The summed E-state index contributed by atoms with van der Waals surface area (Å²) in [5.41, 5.74) is 0.515. The molecular weight excluding hydrogens is 302 g/mol. The van der Waals surface area contributed by atoms with Crippen molar-refractivity contribution in [3.05, 3.63) is 69.7 Å². The number of aliphatic hydroxyl groups excluding tert-OH is 1. The minimum Gasteiger partial charge on any atom is -0.388 e. The molecule has 1 atom stereocenters. The first kappa shape index (κ1) is 13.2. The van der Waals surface area contributed by atoms with Gasteiger partial charge >= 0.3 is 0 Å². The SMILES string of the molecule is OC(Cc1c(F)cccc1F)c1ccccc1Br. The minimum atomic E-state index is -0.952. The van der Waals surface area contributed by atoms with Crippen LogP contribution in [0.5, 0.6) is 0 Å². The van der Waals surface area contributed by atoms with Crippen LogP contribution in [-0.4, -0.2) is 5.11 Å². The Morgan fingerprint density at radius 1 is 1.00 bits per heavy atom. The Labute approximate surface area is 112 Å². The second-order valence-electron chi connectivity index (χ2n) is 3.94. The Hall–Kier alpha value is -1.26. The van der Waals surface area contributed by atoms with Crippen molar-refractivity contribution in [2.24, 2.45) is 0 Å². The summed E-state index contributed by atoms with van der Waals surface area (Å²) in [5.74, 6) is -1.28. The van der Waals surface area contributed by atoms with Gasteiger partial charge in [-0.2, -0.15) is 0 Å². The molecule has 2 rings (SSSR count). The molecule has 0 heterocycles. The quantitative estimate of drug-likeness (QED) is 0.908. The first-order valence-electron chi connectivity index (χ1n) is 5.45. The van der Waals surface area contributed by atoms with Gasteiger partial charge in [-0.15, -0.1) is 0 Å². The second-order valence-corrected chi connectivity index (χ2v) is 4.80. The number of halogens is 3. The van der Waals surface area contributed by atoms with Gasteiger partial charge in [-0.25, -0.2) is 8.78 Å². The standard InChI is InChI=1S/C14H11BrF2O/c15-11-5-2-1-4-9(11)14(18)8-10-12(16)6-3-7-13(10)17/h1-7,14,18H,8H2. The zero-order valence-electron chi connectivity index (χ0n) is 9.41. The zero-order chi connectivity index (χ0) is 13.1. The Balaban J connectivity index is 2.27. The van der Waals surface area contributed by atoms with Gasteiger partial charge in [0.15, 0.2) is 0 Å². The normalized spacial score (nSPS) is 12.4. The van der Waals surface area contributed by atoms with E-state index < -0.39 is 17.7 Å². The van der Waals surface area contributed by atoms with Gasteiger partial charge in [0.2, 0.25) is 0 Å². The number of hydrogen-bond acceptors (Lipinski definition) is 1. The van der Waals surface area contributed by atoms with Gasteiger partial charge in [-0.3, -0.25) is 0 Å². The van der Waals surface area contributed by atoms with Crippen LogP contribution in [-0.2, 0) is 6.42 Å². The van der Waals surface area contributed by atoms with E-state index in [1.807, 2.05) is 6.07 Å². The minimum absolute atomic E-state index is 0.0961. The molecule has 0 aliphatic rings.